The largest absolute Gasteiger partial charge is 0.379 e. The van der Waals surface area contributed by atoms with Gasteiger partial charge in [-0.3, -0.25) is 0 Å². The zero-order chi connectivity index (χ0) is 14.7. The smallest absolute Gasteiger partial charge is 0.215 e. The Morgan fingerprint density at radius 1 is 1.05 bits per heavy atom. The fourth-order valence-corrected chi connectivity index (χ4v) is 5.09. The predicted molar refractivity (Wildman–Crippen MR) is 82.7 cm³/mol. The molecule has 122 valence electrons. The summed E-state index contributed by atoms with van der Waals surface area (Å²) >= 11 is 0. The molecule has 0 aromatic heterocycles. The SMILES string of the molecule is O=S(=O)(CCN[C@H]1CCC[C@@H](C2CC2)C1)N1CCOCC1. The summed E-state index contributed by atoms with van der Waals surface area (Å²) < 4.78 is 31.3. The van der Waals surface area contributed by atoms with Gasteiger partial charge < -0.3 is 10.1 Å². The van der Waals surface area contributed by atoms with Crippen LogP contribution in [0.1, 0.15) is 38.5 Å². The second-order valence-electron chi connectivity index (χ2n) is 6.74. The number of hydrogen-bond donors (Lipinski definition) is 1. The Morgan fingerprint density at radius 3 is 2.52 bits per heavy atom. The maximum Gasteiger partial charge on any atom is 0.215 e. The number of hydrogen-bond acceptors (Lipinski definition) is 4. The van der Waals surface area contributed by atoms with Crippen LogP contribution in [0.2, 0.25) is 0 Å². The lowest BCUT2D eigenvalue weighted by molar-refractivity contribution is 0.0730. The standard InChI is InChI=1S/C15H28N2O3S/c18-21(19,17-7-9-20-10-8-17)11-6-16-15-3-1-2-14(12-15)13-4-5-13/h13-16H,1-12H2/t14-,15+/m1/s1. The number of rotatable bonds is 6. The zero-order valence-electron chi connectivity index (χ0n) is 12.8. The van der Waals surface area contributed by atoms with Crippen molar-refractivity contribution in [3.8, 4) is 0 Å². The average molecular weight is 316 g/mol. The summed E-state index contributed by atoms with van der Waals surface area (Å²) in [6.07, 6.45) is 7.98. The van der Waals surface area contributed by atoms with Crippen LogP contribution in [0.15, 0.2) is 0 Å². The minimum absolute atomic E-state index is 0.220. The lowest BCUT2D eigenvalue weighted by Crippen LogP contribution is -2.44. The van der Waals surface area contributed by atoms with Gasteiger partial charge in [0.15, 0.2) is 0 Å². The van der Waals surface area contributed by atoms with Crippen molar-refractivity contribution in [2.24, 2.45) is 11.8 Å². The second kappa shape index (κ2) is 6.94. The fraction of sp³-hybridized carbons (Fsp3) is 1.00. The van der Waals surface area contributed by atoms with Crippen LogP contribution in [0.25, 0.3) is 0 Å². The molecule has 1 N–H and O–H groups in total. The number of morpholine rings is 1. The first-order valence-electron chi connectivity index (χ1n) is 8.44. The summed E-state index contributed by atoms with van der Waals surface area (Å²) in [5.74, 6) is 2.09. The third-order valence-electron chi connectivity index (χ3n) is 5.16. The summed E-state index contributed by atoms with van der Waals surface area (Å²) in [5, 5.41) is 3.49. The van der Waals surface area contributed by atoms with Crippen LogP contribution in [-0.4, -0.2) is 57.4 Å². The molecule has 0 aromatic carbocycles. The molecule has 3 aliphatic rings. The molecule has 6 heteroatoms. The highest BCUT2D eigenvalue weighted by Gasteiger charge is 2.34. The monoisotopic (exact) mass is 316 g/mol. The minimum atomic E-state index is -3.11. The topological polar surface area (TPSA) is 58.6 Å². The van der Waals surface area contributed by atoms with Crippen molar-refractivity contribution in [3.63, 3.8) is 0 Å². The van der Waals surface area contributed by atoms with E-state index in [2.05, 4.69) is 5.32 Å². The Labute approximate surface area is 128 Å². The van der Waals surface area contributed by atoms with Crippen molar-refractivity contribution in [1.29, 1.82) is 0 Å². The van der Waals surface area contributed by atoms with Crippen molar-refractivity contribution in [2.75, 3.05) is 38.6 Å². The number of nitrogens with one attached hydrogen (secondary N) is 1. The van der Waals surface area contributed by atoms with Crippen molar-refractivity contribution < 1.29 is 13.2 Å². The van der Waals surface area contributed by atoms with Gasteiger partial charge in [0.1, 0.15) is 0 Å². The molecular formula is C15H28N2O3S. The minimum Gasteiger partial charge on any atom is -0.379 e. The van der Waals surface area contributed by atoms with Gasteiger partial charge in [-0.2, -0.15) is 4.31 Å². The first kappa shape index (κ1) is 15.7. The van der Waals surface area contributed by atoms with E-state index in [0.717, 1.165) is 11.8 Å². The van der Waals surface area contributed by atoms with E-state index in [4.69, 9.17) is 4.74 Å². The van der Waals surface area contributed by atoms with E-state index in [1.807, 2.05) is 0 Å². The Kier molecular flexibility index (Phi) is 5.19. The summed E-state index contributed by atoms with van der Waals surface area (Å²) in [7, 11) is -3.11. The zero-order valence-corrected chi connectivity index (χ0v) is 13.6. The summed E-state index contributed by atoms with van der Waals surface area (Å²) in [4.78, 5) is 0. The first-order valence-corrected chi connectivity index (χ1v) is 10.0. The lowest BCUT2D eigenvalue weighted by atomic mass is 9.83. The van der Waals surface area contributed by atoms with Gasteiger partial charge in [0.05, 0.1) is 19.0 Å². The van der Waals surface area contributed by atoms with E-state index < -0.39 is 10.0 Å². The molecule has 21 heavy (non-hydrogen) atoms. The molecule has 0 amide bonds. The Bertz CT molecular complexity index is 430. The maximum absolute atomic E-state index is 12.2. The Balaban J connectivity index is 1.40. The molecule has 1 saturated heterocycles. The summed E-state index contributed by atoms with van der Waals surface area (Å²) in [5.41, 5.74) is 0. The fourth-order valence-electron chi connectivity index (χ4n) is 3.75. The van der Waals surface area contributed by atoms with Crippen molar-refractivity contribution in [3.05, 3.63) is 0 Å². The molecule has 0 unspecified atom stereocenters. The van der Waals surface area contributed by atoms with E-state index >= 15 is 0 Å². The average Bonchev–Trinajstić information content (AvgIpc) is 3.33. The maximum atomic E-state index is 12.2. The van der Waals surface area contributed by atoms with E-state index in [9.17, 15) is 8.42 Å². The van der Waals surface area contributed by atoms with Crippen molar-refractivity contribution >= 4 is 10.0 Å². The van der Waals surface area contributed by atoms with Gasteiger partial charge in [0.25, 0.3) is 0 Å². The first-order chi connectivity index (χ1) is 10.1. The number of sulfonamides is 1. The molecule has 3 rings (SSSR count). The van der Waals surface area contributed by atoms with Gasteiger partial charge in [-0.1, -0.05) is 12.8 Å². The molecule has 3 fully saturated rings. The van der Waals surface area contributed by atoms with Crippen molar-refractivity contribution in [1.82, 2.24) is 9.62 Å². The molecule has 0 aromatic rings. The van der Waals surface area contributed by atoms with E-state index in [1.165, 1.54) is 38.5 Å². The molecule has 0 bridgehead atoms. The van der Waals surface area contributed by atoms with E-state index in [-0.39, 0.29) is 5.75 Å². The Morgan fingerprint density at radius 2 is 1.81 bits per heavy atom. The van der Waals surface area contributed by atoms with E-state index in [1.54, 1.807) is 4.31 Å². The quantitative estimate of drug-likeness (QED) is 0.800. The predicted octanol–water partition coefficient (Wildman–Crippen LogP) is 1.21. The molecule has 2 aliphatic carbocycles. The number of ether oxygens (including phenoxy) is 1. The van der Waals surface area contributed by atoms with Gasteiger partial charge in [-0.25, -0.2) is 8.42 Å². The van der Waals surface area contributed by atoms with E-state index in [0.29, 0.717) is 38.9 Å². The normalized spacial score (nSPS) is 32.2. The summed E-state index contributed by atoms with van der Waals surface area (Å²) in [6.45, 7) is 2.66. The summed E-state index contributed by atoms with van der Waals surface area (Å²) in [6, 6.07) is 0.532. The second-order valence-corrected chi connectivity index (χ2v) is 8.83. The van der Waals surface area contributed by atoms with Crippen LogP contribution in [-0.2, 0) is 14.8 Å². The van der Waals surface area contributed by atoms with Crippen LogP contribution in [0.3, 0.4) is 0 Å². The van der Waals surface area contributed by atoms with Gasteiger partial charge in [0, 0.05) is 25.7 Å². The third kappa shape index (κ3) is 4.41. The third-order valence-corrected chi connectivity index (χ3v) is 7.03. The van der Waals surface area contributed by atoms with Gasteiger partial charge in [-0.15, -0.1) is 0 Å². The molecule has 0 spiro atoms. The van der Waals surface area contributed by atoms with Gasteiger partial charge in [-0.05, 0) is 37.5 Å². The molecule has 1 aliphatic heterocycles. The molecule has 5 nitrogen and oxygen atoms in total. The van der Waals surface area contributed by atoms with Crippen LogP contribution >= 0.6 is 0 Å². The highest BCUT2D eigenvalue weighted by atomic mass is 32.2. The molecular weight excluding hydrogens is 288 g/mol. The highest BCUT2D eigenvalue weighted by Crippen LogP contribution is 2.43. The van der Waals surface area contributed by atoms with Crippen molar-refractivity contribution in [2.45, 2.75) is 44.6 Å². The Hall–Kier alpha value is -0.170. The molecule has 2 atom stereocenters. The van der Waals surface area contributed by atoms with Crippen LogP contribution < -0.4 is 5.32 Å². The van der Waals surface area contributed by atoms with Crippen LogP contribution in [0, 0.1) is 11.8 Å². The van der Waals surface area contributed by atoms with Crippen LogP contribution in [0.4, 0.5) is 0 Å². The molecule has 0 radical (unpaired) electrons. The molecule has 1 heterocycles. The molecule has 2 saturated carbocycles. The lowest BCUT2D eigenvalue weighted by Gasteiger charge is -2.30. The van der Waals surface area contributed by atoms with Crippen LogP contribution in [0.5, 0.6) is 0 Å². The van der Waals surface area contributed by atoms with Gasteiger partial charge in [0.2, 0.25) is 10.0 Å². The number of nitrogens with zero attached hydrogens (tertiary/aromatic N) is 1. The highest BCUT2D eigenvalue weighted by molar-refractivity contribution is 7.89. The van der Waals surface area contributed by atoms with Gasteiger partial charge >= 0.3 is 0 Å².